The van der Waals surface area contributed by atoms with Crippen LogP contribution in [0.2, 0.25) is 0 Å². The first kappa shape index (κ1) is 23.2. The summed E-state index contributed by atoms with van der Waals surface area (Å²) in [5.74, 6) is 0.652. The molecule has 0 radical (unpaired) electrons. The van der Waals surface area contributed by atoms with Crippen LogP contribution in [-0.4, -0.2) is 63.5 Å². The second kappa shape index (κ2) is 9.67. The van der Waals surface area contributed by atoms with Gasteiger partial charge in [-0.05, 0) is 69.0 Å². The Kier molecular flexibility index (Phi) is 6.23. The molecule has 6 rings (SSSR count). The fraction of sp³-hybridized carbons (Fsp3) is 0.464. The lowest BCUT2D eigenvalue weighted by Gasteiger charge is -2.34. The number of methoxy groups -OCH3 is 1. The van der Waals surface area contributed by atoms with Gasteiger partial charge in [-0.25, -0.2) is 9.78 Å². The maximum atomic E-state index is 13.2. The maximum Gasteiger partial charge on any atom is 0.329 e. The van der Waals surface area contributed by atoms with Crippen molar-refractivity contribution in [3.8, 4) is 17.0 Å². The van der Waals surface area contributed by atoms with Gasteiger partial charge >= 0.3 is 5.69 Å². The Bertz CT molecular complexity index is 1430. The summed E-state index contributed by atoms with van der Waals surface area (Å²) < 4.78 is 15.0. The van der Waals surface area contributed by atoms with E-state index in [4.69, 9.17) is 9.47 Å². The second-order valence-corrected chi connectivity index (χ2v) is 10.1. The Labute approximate surface area is 210 Å². The molecule has 0 bridgehead atoms. The topological polar surface area (TPSA) is 74.4 Å². The fourth-order valence-corrected chi connectivity index (χ4v) is 5.59. The first-order chi connectivity index (χ1) is 17.6. The molecule has 1 saturated heterocycles. The van der Waals surface area contributed by atoms with Crippen molar-refractivity contribution in [1.29, 1.82) is 0 Å². The quantitative estimate of drug-likeness (QED) is 0.348. The Morgan fingerprint density at radius 3 is 2.58 bits per heavy atom. The molecule has 0 unspecified atom stereocenters. The zero-order chi connectivity index (χ0) is 24.6. The van der Waals surface area contributed by atoms with Gasteiger partial charge in [-0.15, -0.1) is 0 Å². The van der Waals surface area contributed by atoms with Crippen LogP contribution in [0, 0.1) is 0 Å². The van der Waals surface area contributed by atoms with Gasteiger partial charge < -0.3 is 14.4 Å². The third-order valence-corrected chi connectivity index (χ3v) is 7.82. The van der Waals surface area contributed by atoms with E-state index >= 15 is 0 Å². The lowest BCUT2D eigenvalue weighted by Crippen LogP contribution is -2.37. The number of fused-ring (bicyclic) bond motifs is 3. The fourth-order valence-electron chi connectivity index (χ4n) is 5.59. The zero-order valence-corrected chi connectivity index (χ0v) is 21.0. The highest BCUT2D eigenvalue weighted by Gasteiger charge is 2.33. The molecule has 4 aromatic rings. The molecule has 8 heteroatoms. The summed E-state index contributed by atoms with van der Waals surface area (Å²) in [6.07, 6.45) is 9.23. The molecule has 8 nitrogen and oxygen atoms in total. The molecular formula is C28H33N5O3. The minimum atomic E-state index is -0.00263. The Morgan fingerprint density at radius 1 is 1.03 bits per heavy atom. The van der Waals surface area contributed by atoms with Crippen LogP contribution in [0.5, 0.6) is 5.88 Å². The summed E-state index contributed by atoms with van der Waals surface area (Å²) in [6, 6.07) is 10.3. The number of likely N-dealkylation sites (tertiary alicyclic amines) is 1. The molecule has 2 aliphatic rings. The van der Waals surface area contributed by atoms with E-state index in [0.29, 0.717) is 12.5 Å². The van der Waals surface area contributed by atoms with Crippen molar-refractivity contribution in [2.45, 2.75) is 44.2 Å². The summed E-state index contributed by atoms with van der Waals surface area (Å²) in [7, 11) is 3.55. The monoisotopic (exact) mass is 487 g/mol. The Balaban J connectivity index is 1.26. The minimum Gasteiger partial charge on any atom is -0.478 e. The number of benzene rings is 1. The molecule has 1 aliphatic heterocycles. The zero-order valence-electron chi connectivity index (χ0n) is 21.0. The van der Waals surface area contributed by atoms with Gasteiger partial charge in [0.05, 0.1) is 35.5 Å². The van der Waals surface area contributed by atoms with E-state index in [1.807, 2.05) is 36.0 Å². The van der Waals surface area contributed by atoms with Gasteiger partial charge in [0.25, 0.3) is 0 Å². The summed E-state index contributed by atoms with van der Waals surface area (Å²) in [4.78, 5) is 24.9. The number of nitrogens with zero attached hydrogens (tertiary/aromatic N) is 5. The van der Waals surface area contributed by atoms with Crippen LogP contribution in [0.1, 0.15) is 38.1 Å². The van der Waals surface area contributed by atoms with Crippen LogP contribution in [0.15, 0.2) is 47.5 Å². The summed E-state index contributed by atoms with van der Waals surface area (Å²) in [5, 5.41) is 0.978. The number of aromatic nitrogens is 4. The van der Waals surface area contributed by atoms with Gasteiger partial charge in [-0.1, -0.05) is 6.07 Å². The third kappa shape index (κ3) is 4.18. The van der Waals surface area contributed by atoms with Crippen molar-refractivity contribution < 1.29 is 9.47 Å². The molecule has 1 aliphatic carbocycles. The van der Waals surface area contributed by atoms with E-state index in [0.717, 1.165) is 58.9 Å². The van der Waals surface area contributed by atoms with E-state index in [1.165, 1.54) is 25.9 Å². The predicted molar refractivity (Wildman–Crippen MR) is 141 cm³/mol. The molecule has 1 saturated carbocycles. The maximum absolute atomic E-state index is 13.2. The number of hydrogen-bond donors (Lipinski definition) is 0. The lowest BCUT2D eigenvalue weighted by atomic mass is 9.89. The van der Waals surface area contributed by atoms with Crippen molar-refractivity contribution in [2.24, 2.45) is 7.05 Å². The van der Waals surface area contributed by atoms with Crippen LogP contribution >= 0.6 is 0 Å². The SMILES string of the molecule is COC1CC(n2c(=O)n(C)c3cnc4ccc(-c5ccc(OCCCN6CCCC6)nc5)cc4c32)C1. The van der Waals surface area contributed by atoms with Gasteiger partial charge in [-0.2, -0.15) is 0 Å². The molecular weight excluding hydrogens is 454 g/mol. The van der Waals surface area contributed by atoms with Gasteiger partial charge in [0.1, 0.15) is 0 Å². The molecule has 0 atom stereocenters. The number of hydrogen-bond acceptors (Lipinski definition) is 6. The average molecular weight is 488 g/mol. The molecule has 1 aromatic carbocycles. The molecule has 0 N–H and O–H groups in total. The number of imidazole rings is 1. The van der Waals surface area contributed by atoms with E-state index in [1.54, 1.807) is 17.9 Å². The molecule has 188 valence electrons. The lowest BCUT2D eigenvalue weighted by molar-refractivity contribution is 0.00635. The van der Waals surface area contributed by atoms with Crippen LogP contribution in [0.4, 0.5) is 0 Å². The van der Waals surface area contributed by atoms with Gasteiger partial charge in [0, 0.05) is 50.0 Å². The van der Waals surface area contributed by atoms with E-state index in [9.17, 15) is 4.79 Å². The average Bonchev–Trinajstić information content (AvgIpc) is 3.49. The molecule has 4 heterocycles. The summed E-state index contributed by atoms with van der Waals surface area (Å²) >= 11 is 0. The molecule has 0 spiro atoms. The summed E-state index contributed by atoms with van der Waals surface area (Å²) in [6.45, 7) is 4.20. The third-order valence-electron chi connectivity index (χ3n) is 7.82. The Morgan fingerprint density at radius 2 is 1.83 bits per heavy atom. The van der Waals surface area contributed by atoms with Crippen LogP contribution in [-0.2, 0) is 11.8 Å². The van der Waals surface area contributed by atoms with Gasteiger partial charge in [0.2, 0.25) is 5.88 Å². The number of rotatable bonds is 8. The molecule has 0 amide bonds. The largest absolute Gasteiger partial charge is 0.478 e. The van der Waals surface area contributed by atoms with Crippen molar-refractivity contribution in [3.05, 3.63) is 53.2 Å². The number of pyridine rings is 2. The first-order valence-electron chi connectivity index (χ1n) is 13.0. The highest BCUT2D eigenvalue weighted by atomic mass is 16.5. The summed E-state index contributed by atoms with van der Waals surface area (Å²) in [5.41, 5.74) is 4.71. The van der Waals surface area contributed by atoms with E-state index in [-0.39, 0.29) is 17.8 Å². The highest BCUT2D eigenvalue weighted by Crippen LogP contribution is 2.37. The van der Waals surface area contributed by atoms with Crippen molar-refractivity contribution in [3.63, 3.8) is 0 Å². The number of ether oxygens (including phenoxy) is 2. The molecule has 2 fully saturated rings. The van der Waals surface area contributed by atoms with Gasteiger partial charge in [0.15, 0.2) is 0 Å². The minimum absolute atomic E-state index is 0.00263. The van der Waals surface area contributed by atoms with Gasteiger partial charge in [-0.3, -0.25) is 14.1 Å². The van der Waals surface area contributed by atoms with Crippen LogP contribution in [0.3, 0.4) is 0 Å². The van der Waals surface area contributed by atoms with Crippen molar-refractivity contribution in [2.75, 3.05) is 33.4 Å². The second-order valence-electron chi connectivity index (χ2n) is 10.1. The van der Waals surface area contributed by atoms with E-state index in [2.05, 4.69) is 27.0 Å². The smallest absolute Gasteiger partial charge is 0.329 e. The van der Waals surface area contributed by atoms with Crippen LogP contribution in [0.25, 0.3) is 33.1 Å². The normalized spacial score (nSPS) is 20.3. The first-order valence-corrected chi connectivity index (χ1v) is 13.0. The number of aryl methyl sites for hydroxylation is 1. The Hall–Kier alpha value is -3.23. The highest BCUT2D eigenvalue weighted by molar-refractivity contribution is 6.04. The van der Waals surface area contributed by atoms with Crippen molar-refractivity contribution in [1.82, 2.24) is 24.0 Å². The predicted octanol–water partition coefficient (Wildman–Crippen LogP) is 4.16. The standard InChI is InChI=1S/C28H33N5O3/c1-31-25-18-29-24-8-6-19(14-23(24)27(25)33(28(31)34)21-15-22(16-21)35-2)20-7-9-26(30-17-20)36-13-5-12-32-10-3-4-11-32/h6-9,14,17-18,21-22H,3-5,10-13,15-16H2,1-2H3. The van der Waals surface area contributed by atoms with E-state index < -0.39 is 0 Å². The van der Waals surface area contributed by atoms with Crippen molar-refractivity contribution >= 4 is 21.9 Å². The molecule has 36 heavy (non-hydrogen) atoms. The molecule has 3 aromatic heterocycles. The van der Waals surface area contributed by atoms with Crippen LogP contribution < -0.4 is 10.4 Å².